The molecule has 1 aromatic rings. The normalized spacial score (nSPS) is 10.5. The zero-order valence-corrected chi connectivity index (χ0v) is 10.9. The number of ether oxygens (including phenoxy) is 1. The summed E-state index contributed by atoms with van der Waals surface area (Å²) < 4.78 is 4.94. The maximum atomic E-state index is 10.8. The van der Waals surface area contributed by atoms with Crippen molar-refractivity contribution in [1.82, 2.24) is 0 Å². The second kappa shape index (κ2) is 8.29. The summed E-state index contributed by atoms with van der Waals surface area (Å²) in [4.78, 5) is 10.8. The fourth-order valence-corrected chi connectivity index (χ4v) is 1.75. The average Bonchev–Trinajstić information content (AvgIpc) is 2.40. The summed E-state index contributed by atoms with van der Waals surface area (Å²) in [6.07, 6.45) is 8.26. The van der Waals surface area contributed by atoms with Gasteiger partial charge in [-0.2, -0.15) is 0 Å². The van der Waals surface area contributed by atoms with Gasteiger partial charge >= 0.3 is 5.97 Å². The molecule has 0 atom stereocenters. The summed E-state index contributed by atoms with van der Waals surface area (Å²) >= 11 is 0. The lowest BCUT2D eigenvalue weighted by Gasteiger charge is -2.06. The summed E-state index contributed by atoms with van der Waals surface area (Å²) in [5, 5.41) is 0. The minimum absolute atomic E-state index is 0.343. The molecular formula is C16H20O2. The van der Waals surface area contributed by atoms with Crippen LogP contribution in [0.3, 0.4) is 0 Å². The molecule has 0 aliphatic carbocycles. The molecule has 1 rings (SSSR count). The fraction of sp³-hybridized carbons (Fsp3) is 0.312. The first-order valence-corrected chi connectivity index (χ1v) is 6.27. The number of hydrogen-bond donors (Lipinski definition) is 0. The van der Waals surface area contributed by atoms with Gasteiger partial charge in [0.1, 0.15) is 0 Å². The Kier molecular flexibility index (Phi) is 6.55. The molecule has 0 aromatic heterocycles. The van der Waals surface area contributed by atoms with Gasteiger partial charge in [0.05, 0.1) is 6.61 Å². The molecule has 0 aliphatic heterocycles. The summed E-state index contributed by atoms with van der Waals surface area (Å²) in [7, 11) is 0. The molecule has 0 aliphatic rings. The standard InChI is InChI=1S/C16H20O2/c1-3-9-14-10-5-6-11-15(14)12-7-8-13-18-16(17)4-2/h3-6,9-11H,2,7-8,12-13H2,1H3. The number of unbranched alkanes of at least 4 members (excludes halogenated alkanes) is 1. The number of allylic oxidation sites excluding steroid dienone is 1. The Hall–Kier alpha value is -1.83. The van der Waals surface area contributed by atoms with Crippen LogP contribution in [-0.4, -0.2) is 12.6 Å². The number of aryl methyl sites for hydroxylation is 1. The predicted molar refractivity (Wildman–Crippen MR) is 75.2 cm³/mol. The van der Waals surface area contributed by atoms with E-state index in [-0.39, 0.29) is 5.97 Å². The highest BCUT2D eigenvalue weighted by Gasteiger charge is 1.99. The van der Waals surface area contributed by atoms with Crippen LogP contribution in [0.4, 0.5) is 0 Å². The van der Waals surface area contributed by atoms with Gasteiger partial charge < -0.3 is 4.74 Å². The first-order valence-electron chi connectivity index (χ1n) is 6.27. The number of esters is 1. The van der Waals surface area contributed by atoms with Gasteiger partial charge in [-0.25, -0.2) is 4.79 Å². The highest BCUT2D eigenvalue weighted by atomic mass is 16.5. The Morgan fingerprint density at radius 3 is 2.83 bits per heavy atom. The zero-order valence-electron chi connectivity index (χ0n) is 10.9. The van der Waals surface area contributed by atoms with Gasteiger partial charge in [0.2, 0.25) is 0 Å². The molecule has 0 fully saturated rings. The van der Waals surface area contributed by atoms with Crippen molar-refractivity contribution in [2.45, 2.75) is 26.2 Å². The van der Waals surface area contributed by atoms with Crippen molar-refractivity contribution in [1.29, 1.82) is 0 Å². The van der Waals surface area contributed by atoms with Crippen LogP contribution in [-0.2, 0) is 16.0 Å². The van der Waals surface area contributed by atoms with Crippen LogP contribution in [0, 0.1) is 0 Å². The lowest BCUT2D eigenvalue weighted by Crippen LogP contribution is -2.02. The van der Waals surface area contributed by atoms with Gasteiger partial charge in [-0.1, -0.05) is 43.0 Å². The van der Waals surface area contributed by atoms with Crippen LogP contribution in [0.5, 0.6) is 0 Å². The van der Waals surface area contributed by atoms with Crippen molar-refractivity contribution in [3.63, 3.8) is 0 Å². The van der Waals surface area contributed by atoms with Crippen LogP contribution in [0.15, 0.2) is 43.0 Å². The van der Waals surface area contributed by atoms with Crippen LogP contribution < -0.4 is 0 Å². The number of hydrogen-bond acceptors (Lipinski definition) is 2. The minimum atomic E-state index is -0.343. The van der Waals surface area contributed by atoms with Gasteiger partial charge in [0, 0.05) is 6.08 Å². The molecule has 0 unspecified atom stereocenters. The first kappa shape index (κ1) is 14.2. The smallest absolute Gasteiger partial charge is 0.330 e. The van der Waals surface area contributed by atoms with Crippen LogP contribution in [0.25, 0.3) is 6.08 Å². The van der Waals surface area contributed by atoms with E-state index in [1.807, 2.05) is 19.1 Å². The zero-order chi connectivity index (χ0) is 13.2. The third-order valence-corrected chi connectivity index (χ3v) is 2.65. The second-order valence-electron chi connectivity index (χ2n) is 4.03. The highest BCUT2D eigenvalue weighted by Crippen LogP contribution is 2.13. The van der Waals surface area contributed by atoms with E-state index in [2.05, 4.69) is 30.9 Å². The summed E-state index contributed by atoms with van der Waals surface area (Å²) in [5.41, 5.74) is 2.61. The molecule has 1 aromatic carbocycles. The summed E-state index contributed by atoms with van der Waals surface area (Å²) in [6, 6.07) is 8.36. The van der Waals surface area contributed by atoms with Gasteiger partial charge in [0.15, 0.2) is 0 Å². The summed E-state index contributed by atoms with van der Waals surface area (Å²) in [5.74, 6) is -0.343. The maximum Gasteiger partial charge on any atom is 0.330 e. The molecule has 0 N–H and O–H groups in total. The summed E-state index contributed by atoms with van der Waals surface area (Å²) in [6.45, 7) is 5.85. The largest absolute Gasteiger partial charge is 0.463 e. The monoisotopic (exact) mass is 244 g/mol. The topological polar surface area (TPSA) is 26.3 Å². The van der Waals surface area contributed by atoms with E-state index in [0.29, 0.717) is 6.61 Å². The number of carbonyl (C=O) groups excluding carboxylic acids is 1. The van der Waals surface area contributed by atoms with Crippen molar-refractivity contribution in [2.75, 3.05) is 6.61 Å². The Morgan fingerprint density at radius 1 is 1.33 bits per heavy atom. The van der Waals surface area contributed by atoms with Crippen molar-refractivity contribution in [2.24, 2.45) is 0 Å². The fourth-order valence-electron chi connectivity index (χ4n) is 1.75. The van der Waals surface area contributed by atoms with Crippen LogP contribution >= 0.6 is 0 Å². The third kappa shape index (κ3) is 5.00. The Labute approximate surface area is 109 Å². The van der Waals surface area contributed by atoms with E-state index in [1.54, 1.807) is 0 Å². The molecule has 0 spiro atoms. The highest BCUT2D eigenvalue weighted by molar-refractivity contribution is 5.81. The Morgan fingerprint density at radius 2 is 2.11 bits per heavy atom. The van der Waals surface area contributed by atoms with E-state index in [1.165, 1.54) is 17.2 Å². The molecule has 0 bridgehead atoms. The Balaban J connectivity index is 2.35. The second-order valence-corrected chi connectivity index (χ2v) is 4.03. The minimum Gasteiger partial charge on any atom is -0.463 e. The van der Waals surface area contributed by atoms with Crippen molar-refractivity contribution in [3.8, 4) is 0 Å². The number of benzene rings is 1. The SMILES string of the molecule is C=CC(=O)OCCCCc1ccccc1C=CC. The molecule has 0 saturated heterocycles. The Bertz CT molecular complexity index is 419. The van der Waals surface area contributed by atoms with Gasteiger partial charge in [-0.15, -0.1) is 0 Å². The van der Waals surface area contributed by atoms with Crippen molar-refractivity contribution < 1.29 is 9.53 Å². The molecule has 0 amide bonds. The van der Waals surface area contributed by atoms with E-state index < -0.39 is 0 Å². The number of rotatable bonds is 7. The molecule has 2 nitrogen and oxygen atoms in total. The van der Waals surface area contributed by atoms with Gasteiger partial charge in [-0.05, 0) is 37.3 Å². The molecular weight excluding hydrogens is 224 g/mol. The first-order chi connectivity index (χ1) is 8.77. The third-order valence-electron chi connectivity index (χ3n) is 2.65. The van der Waals surface area contributed by atoms with Gasteiger partial charge in [0.25, 0.3) is 0 Å². The molecule has 2 heteroatoms. The molecule has 96 valence electrons. The molecule has 0 saturated carbocycles. The average molecular weight is 244 g/mol. The molecule has 0 heterocycles. The van der Waals surface area contributed by atoms with Crippen molar-refractivity contribution in [3.05, 3.63) is 54.1 Å². The lowest BCUT2D eigenvalue weighted by atomic mass is 10.0. The van der Waals surface area contributed by atoms with Crippen molar-refractivity contribution >= 4 is 12.0 Å². The van der Waals surface area contributed by atoms with Gasteiger partial charge in [-0.3, -0.25) is 0 Å². The van der Waals surface area contributed by atoms with Crippen LogP contribution in [0.1, 0.15) is 30.9 Å². The lowest BCUT2D eigenvalue weighted by molar-refractivity contribution is -0.137. The molecule has 18 heavy (non-hydrogen) atoms. The quantitative estimate of drug-likeness (QED) is 0.414. The molecule has 0 radical (unpaired) electrons. The number of carbonyl (C=O) groups is 1. The van der Waals surface area contributed by atoms with E-state index in [9.17, 15) is 4.79 Å². The van der Waals surface area contributed by atoms with E-state index >= 15 is 0 Å². The maximum absolute atomic E-state index is 10.8. The van der Waals surface area contributed by atoms with E-state index in [4.69, 9.17) is 4.74 Å². The van der Waals surface area contributed by atoms with E-state index in [0.717, 1.165) is 19.3 Å². The predicted octanol–water partition coefficient (Wildman–Crippen LogP) is 3.77. The van der Waals surface area contributed by atoms with Crippen LogP contribution in [0.2, 0.25) is 0 Å².